The monoisotopic (exact) mass is 212 g/mol. The van der Waals surface area contributed by atoms with Crippen LogP contribution in [0, 0.1) is 22.6 Å². The van der Waals surface area contributed by atoms with E-state index in [-0.39, 0.29) is 0 Å². The van der Waals surface area contributed by atoms with E-state index in [0.717, 1.165) is 6.42 Å². The Labute approximate surface area is 77.9 Å². The van der Waals surface area contributed by atoms with Crippen molar-refractivity contribution < 1.29 is 0 Å². The van der Waals surface area contributed by atoms with E-state index in [1.54, 1.807) is 0 Å². The molecule has 0 aromatic rings. The Hall–Kier alpha value is -0.400. The van der Waals surface area contributed by atoms with Gasteiger partial charge in [0.05, 0.1) is 0 Å². The van der Waals surface area contributed by atoms with Crippen molar-refractivity contribution in [3.63, 3.8) is 0 Å². The molecule has 0 spiro atoms. The third-order valence-corrected chi connectivity index (χ3v) is 1.55. The molecule has 0 aromatic carbocycles. The summed E-state index contributed by atoms with van der Waals surface area (Å²) in [6.07, 6.45) is 6.11. The zero-order valence-corrected chi connectivity index (χ0v) is 8.50. The second kappa shape index (κ2) is 9.60. The lowest BCUT2D eigenvalue weighted by Crippen LogP contribution is -1.73. The largest absolute Gasteiger partial charge is 0.0891 e. The Morgan fingerprint density at radius 2 is 1.91 bits per heavy atom. The minimum Gasteiger partial charge on any atom is -0.0891 e. The zero-order chi connectivity index (χ0) is 8.36. The smallest absolute Gasteiger partial charge is 0.0117 e. The van der Waals surface area contributed by atoms with Crippen LogP contribution in [-0.2, 0) is 0 Å². The molecule has 0 radical (unpaired) electrons. The van der Waals surface area contributed by atoms with E-state index in [1.165, 1.54) is 25.7 Å². The van der Waals surface area contributed by atoms with Crippen molar-refractivity contribution >= 4 is 15.9 Å². The van der Waals surface area contributed by atoms with Gasteiger partial charge in [0, 0.05) is 22.4 Å². The topological polar surface area (TPSA) is 0 Å². The summed E-state index contributed by atoms with van der Waals surface area (Å²) in [6.45, 7) is 2.21. The molecule has 0 rings (SSSR count). The number of unbranched alkanes of at least 4 members (excludes halogenated alkanes) is 4. The molecule has 11 heavy (non-hydrogen) atoms. The van der Waals surface area contributed by atoms with Crippen molar-refractivity contribution in [2.45, 2.75) is 39.0 Å². The quantitative estimate of drug-likeness (QED) is 0.496. The van der Waals surface area contributed by atoms with Crippen LogP contribution >= 0.6 is 15.9 Å². The normalized spacial score (nSPS) is 7.45. The fourth-order valence-corrected chi connectivity index (χ4v) is 0.870. The van der Waals surface area contributed by atoms with Crippen LogP contribution in [0.25, 0.3) is 0 Å². The summed E-state index contributed by atoms with van der Waals surface area (Å²) in [5.74, 6) is 8.39. The van der Waals surface area contributed by atoms with Gasteiger partial charge >= 0.3 is 0 Å². The fraction of sp³-hybridized carbons (Fsp3) is 0.600. The minimum absolute atomic E-state index is 0.988. The average molecular weight is 213 g/mol. The maximum Gasteiger partial charge on any atom is 0.0117 e. The Kier molecular flexibility index (Phi) is 9.25. The number of hydrogen-bond acceptors (Lipinski definition) is 0. The number of halogens is 1. The predicted molar refractivity (Wildman–Crippen MR) is 53.2 cm³/mol. The Bertz CT molecular complexity index is 184. The standard InChI is InChI=1S/C10H13Br/c1-2-3-4-5-6-7-8-9-10-11/h2-6H2,1H3. The molecule has 0 N–H and O–H groups in total. The van der Waals surface area contributed by atoms with Crippen LogP contribution in [0.5, 0.6) is 0 Å². The molecule has 0 aliphatic rings. The van der Waals surface area contributed by atoms with Gasteiger partial charge in [-0.05, 0) is 23.1 Å². The summed E-state index contributed by atoms with van der Waals surface area (Å²) < 4.78 is 0. The van der Waals surface area contributed by atoms with Crippen LogP contribution in [0.2, 0.25) is 0 Å². The molecule has 0 unspecified atom stereocenters. The van der Waals surface area contributed by atoms with Gasteiger partial charge in [-0.1, -0.05) is 32.1 Å². The highest BCUT2D eigenvalue weighted by molar-refractivity contribution is 9.12. The van der Waals surface area contributed by atoms with Crippen molar-refractivity contribution in [3.05, 3.63) is 0 Å². The van der Waals surface area contributed by atoms with Crippen LogP contribution in [-0.4, -0.2) is 0 Å². The lowest BCUT2D eigenvalue weighted by Gasteiger charge is -1.90. The number of rotatable bonds is 4. The Balaban J connectivity index is 3.13. The average Bonchev–Trinajstić information content (AvgIpc) is 2.03. The van der Waals surface area contributed by atoms with E-state index in [2.05, 4.69) is 45.4 Å². The van der Waals surface area contributed by atoms with Crippen LogP contribution in [0.3, 0.4) is 0 Å². The Morgan fingerprint density at radius 3 is 2.55 bits per heavy atom. The highest BCUT2D eigenvalue weighted by Gasteiger charge is 1.82. The molecule has 0 aliphatic carbocycles. The van der Waals surface area contributed by atoms with Gasteiger partial charge < -0.3 is 0 Å². The molecule has 0 fully saturated rings. The fourth-order valence-electron chi connectivity index (χ4n) is 0.770. The molecule has 0 aromatic heterocycles. The molecule has 60 valence electrons. The first-order valence-electron chi connectivity index (χ1n) is 4.00. The van der Waals surface area contributed by atoms with E-state index < -0.39 is 0 Å². The first-order chi connectivity index (χ1) is 5.41. The lowest BCUT2D eigenvalue weighted by molar-refractivity contribution is 0.680. The minimum atomic E-state index is 0.988. The predicted octanol–water partition coefficient (Wildman–Crippen LogP) is 3.32. The van der Waals surface area contributed by atoms with Crippen LogP contribution in [0.1, 0.15) is 39.0 Å². The van der Waals surface area contributed by atoms with E-state index in [9.17, 15) is 0 Å². The molecule has 0 heterocycles. The summed E-state index contributed by atoms with van der Waals surface area (Å²) in [5.41, 5.74) is 0. The SMILES string of the molecule is CCCCCCC#CC#CBr. The summed E-state index contributed by atoms with van der Waals surface area (Å²) in [5, 5.41) is 0. The molecule has 1 heteroatoms. The second-order valence-corrected chi connectivity index (χ2v) is 2.73. The molecule has 0 atom stereocenters. The molecule has 0 saturated carbocycles. The molecule has 0 bridgehead atoms. The highest BCUT2D eigenvalue weighted by Crippen LogP contribution is 2.00. The third kappa shape index (κ3) is 9.60. The van der Waals surface area contributed by atoms with Gasteiger partial charge in [-0.25, -0.2) is 0 Å². The van der Waals surface area contributed by atoms with E-state index in [4.69, 9.17) is 0 Å². The van der Waals surface area contributed by atoms with Gasteiger partial charge in [-0.3, -0.25) is 0 Å². The first kappa shape index (κ1) is 10.6. The van der Waals surface area contributed by atoms with Crippen molar-refractivity contribution in [1.82, 2.24) is 0 Å². The van der Waals surface area contributed by atoms with Gasteiger partial charge in [0.1, 0.15) is 0 Å². The number of hydrogen-bond donors (Lipinski definition) is 0. The summed E-state index contributed by atoms with van der Waals surface area (Å²) in [4.78, 5) is 2.56. The molecular formula is C10H13Br. The van der Waals surface area contributed by atoms with E-state index >= 15 is 0 Å². The van der Waals surface area contributed by atoms with Gasteiger partial charge in [0.2, 0.25) is 0 Å². The van der Waals surface area contributed by atoms with Gasteiger partial charge in [-0.15, -0.1) is 0 Å². The van der Waals surface area contributed by atoms with Crippen molar-refractivity contribution in [2.24, 2.45) is 0 Å². The van der Waals surface area contributed by atoms with Crippen molar-refractivity contribution in [1.29, 1.82) is 0 Å². The lowest BCUT2D eigenvalue weighted by atomic mass is 10.2. The van der Waals surface area contributed by atoms with Crippen LogP contribution in [0.15, 0.2) is 0 Å². The zero-order valence-electron chi connectivity index (χ0n) is 6.91. The van der Waals surface area contributed by atoms with Crippen LogP contribution < -0.4 is 0 Å². The van der Waals surface area contributed by atoms with E-state index in [1.807, 2.05) is 0 Å². The summed E-state index contributed by atoms with van der Waals surface area (Å²) >= 11 is 2.98. The summed E-state index contributed by atoms with van der Waals surface area (Å²) in [6, 6.07) is 0. The maximum absolute atomic E-state index is 2.99. The molecule has 0 aliphatic heterocycles. The van der Waals surface area contributed by atoms with Gasteiger partial charge in [0.15, 0.2) is 0 Å². The van der Waals surface area contributed by atoms with E-state index in [0.29, 0.717) is 0 Å². The van der Waals surface area contributed by atoms with Crippen molar-refractivity contribution in [2.75, 3.05) is 0 Å². The molecule has 0 amide bonds. The maximum atomic E-state index is 2.99. The van der Waals surface area contributed by atoms with Gasteiger partial charge in [-0.2, -0.15) is 0 Å². The van der Waals surface area contributed by atoms with Gasteiger partial charge in [0.25, 0.3) is 0 Å². The highest BCUT2D eigenvalue weighted by atomic mass is 79.9. The second-order valence-electron chi connectivity index (χ2n) is 2.33. The van der Waals surface area contributed by atoms with Crippen molar-refractivity contribution in [3.8, 4) is 22.6 Å². The summed E-state index contributed by atoms with van der Waals surface area (Å²) in [7, 11) is 0. The van der Waals surface area contributed by atoms with Crippen LogP contribution in [0.4, 0.5) is 0 Å². The third-order valence-electron chi connectivity index (χ3n) is 1.35. The Morgan fingerprint density at radius 1 is 1.09 bits per heavy atom. The molecular weight excluding hydrogens is 200 g/mol. The molecule has 0 nitrogen and oxygen atoms in total. The molecule has 0 saturated heterocycles. The first-order valence-corrected chi connectivity index (χ1v) is 4.79.